The number of rotatable bonds is 3. The van der Waals surface area contributed by atoms with E-state index in [4.69, 9.17) is 27.9 Å². The van der Waals surface area contributed by atoms with E-state index in [9.17, 15) is 4.79 Å². The molecular weight excluding hydrogens is 271 g/mol. The molecule has 0 radical (unpaired) electrons. The molecule has 1 aromatic carbocycles. The molecule has 18 heavy (non-hydrogen) atoms. The highest BCUT2D eigenvalue weighted by molar-refractivity contribution is 6.44. The van der Waals surface area contributed by atoms with Gasteiger partial charge in [-0.15, -0.1) is 0 Å². The Balaban J connectivity index is 2.27. The first-order valence-electron chi connectivity index (χ1n) is 6.21. The van der Waals surface area contributed by atoms with Crippen molar-refractivity contribution in [2.24, 2.45) is 5.92 Å². The molecule has 2 rings (SSSR count). The third kappa shape index (κ3) is 2.65. The van der Waals surface area contributed by atoms with E-state index in [1.165, 1.54) is 13.5 Å². The lowest BCUT2D eigenvalue weighted by Gasteiger charge is -2.21. The van der Waals surface area contributed by atoms with Gasteiger partial charge in [-0.1, -0.05) is 42.5 Å². The largest absolute Gasteiger partial charge is 0.495 e. The zero-order valence-corrected chi connectivity index (χ0v) is 11.9. The van der Waals surface area contributed by atoms with Crippen LogP contribution in [0.5, 0.6) is 5.75 Å². The number of benzene rings is 1. The Bertz CT molecular complexity index is 451. The minimum absolute atomic E-state index is 0.0979. The van der Waals surface area contributed by atoms with Crippen LogP contribution in [0.4, 0.5) is 0 Å². The Morgan fingerprint density at radius 2 is 1.83 bits per heavy atom. The van der Waals surface area contributed by atoms with Crippen LogP contribution in [-0.2, 0) is 0 Å². The molecule has 1 aromatic rings. The van der Waals surface area contributed by atoms with Gasteiger partial charge in [0.2, 0.25) is 0 Å². The van der Waals surface area contributed by atoms with Gasteiger partial charge in [0.1, 0.15) is 10.8 Å². The average Bonchev–Trinajstić information content (AvgIpc) is 2.42. The molecule has 0 spiro atoms. The van der Waals surface area contributed by atoms with Crippen molar-refractivity contribution in [3.05, 3.63) is 27.7 Å². The summed E-state index contributed by atoms with van der Waals surface area (Å²) in [6, 6.07) is 3.41. The molecule has 0 unspecified atom stereocenters. The molecule has 4 heteroatoms. The normalized spacial score (nSPS) is 16.6. The van der Waals surface area contributed by atoms with Gasteiger partial charge in [-0.05, 0) is 25.0 Å². The topological polar surface area (TPSA) is 26.3 Å². The SMILES string of the molecule is COc1ccc(C(=O)C2CCCCC2)c(Cl)c1Cl. The number of carbonyl (C=O) groups excluding carboxylic acids is 1. The zero-order valence-electron chi connectivity index (χ0n) is 10.3. The van der Waals surface area contributed by atoms with Crippen molar-refractivity contribution < 1.29 is 9.53 Å². The van der Waals surface area contributed by atoms with Gasteiger partial charge in [0.05, 0.1) is 12.1 Å². The van der Waals surface area contributed by atoms with Crippen molar-refractivity contribution in [1.82, 2.24) is 0 Å². The summed E-state index contributed by atoms with van der Waals surface area (Å²) < 4.78 is 5.08. The maximum atomic E-state index is 12.4. The van der Waals surface area contributed by atoms with Gasteiger partial charge in [-0.2, -0.15) is 0 Å². The number of carbonyl (C=O) groups is 1. The fraction of sp³-hybridized carbons (Fsp3) is 0.500. The Morgan fingerprint density at radius 1 is 1.17 bits per heavy atom. The first-order valence-corrected chi connectivity index (χ1v) is 6.97. The van der Waals surface area contributed by atoms with E-state index in [1.807, 2.05) is 0 Å². The van der Waals surface area contributed by atoms with Crippen LogP contribution >= 0.6 is 23.2 Å². The molecule has 98 valence electrons. The quantitative estimate of drug-likeness (QED) is 0.749. The highest BCUT2D eigenvalue weighted by atomic mass is 35.5. The molecule has 2 nitrogen and oxygen atoms in total. The van der Waals surface area contributed by atoms with Crippen LogP contribution in [-0.4, -0.2) is 12.9 Å². The predicted octanol–water partition coefficient (Wildman–Crippen LogP) is 4.77. The minimum Gasteiger partial charge on any atom is -0.495 e. The van der Waals surface area contributed by atoms with Gasteiger partial charge in [0.15, 0.2) is 5.78 Å². The van der Waals surface area contributed by atoms with Gasteiger partial charge < -0.3 is 4.74 Å². The standard InChI is InChI=1S/C14H16Cl2O2/c1-18-11-8-7-10(12(15)13(11)16)14(17)9-5-3-2-4-6-9/h7-9H,2-6H2,1H3. The molecule has 0 atom stereocenters. The number of Topliss-reactive ketones (excluding diaryl/α,β-unsaturated/α-hetero) is 1. The van der Waals surface area contributed by atoms with Crippen LogP contribution in [0.3, 0.4) is 0 Å². The molecule has 1 fully saturated rings. The van der Waals surface area contributed by atoms with Gasteiger partial charge >= 0.3 is 0 Å². The smallest absolute Gasteiger partial charge is 0.167 e. The summed E-state index contributed by atoms with van der Waals surface area (Å²) in [5.74, 6) is 0.715. The fourth-order valence-corrected chi connectivity index (χ4v) is 2.96. The second kappa shape index (κ2) is 5.94. The molecule has 0 heterocycles. The summed E-state index contributed by atoms with van der Waals surface area (Å²) in [7, 11) is 1.53. The van der Waals surface area contributed by atoms with Crippen molar-refractivity contribution >= 4 is 29.0 Å². The summed E-state index contributed by atoms with van der Waals surface area (Å²) >= 11 is 12.2. The second-order valence-electron chi connectivity index (χ2n) is 4.64. The van der Waals surface area contributed by atoms with Crippen molar-refractivity contribution in [3.63, 3.8) is 0 Å². The maximum Gasteiger partial charge on any atom is 0.167 e. The van der Waals surface area contributed by atoms with Gasteiger partial charge in [0.25, 0.3) is 0 Å². The van der Waals surface area contributed by atoms with Crippen LogP contribution in [0.1, 0.15) is 42.5 Å². The van der Waals surface area contributed by atoms with Crippen LogP contribution in [0, 0.1) is 5.92 Å². The molecule has 0 amide bonds. The van der Waals surface area contributed by atoms with Gasteiger partial charge in [-0.25, -0.2) is 0 Å². The maximum absolute atomic E-state index is 12.4. The summed E-state index contributed by atoms with van der Waals surface area (Å²) in [4.78, 5) is 12.4. The highest BCUT2D eigenvalue weighted by Crippen LogP contribution is 2.37. The monoisotopic (exact) mass is 286 g/mol. The third-order valence-electron chi connectivity index (χ3n) is 3.51. The molecule has 0 aliphatic heterocycles. The molecule has 1 saturated carbocycles. The third-order valence-corrected chi connectivity index (χ3v) is 4.37. The van der Waals surface area contributed by atoms with E-state index in [1.54, 1.807) is 12.1 Å². The number of hydrogen-bond acceptors (Lipinski definition) is 2. The van der Waals surface area contributed by atoms with E-state index in [-0.39, 0.29) is 11.7 Å². The first kappa shape index (κ1) is 13.7. The molecule has 0 saturated heterocycles. The molecular formula is C14H16Cl2O2. The lowest BCUT2D eigenvalue weighted by atomic mass is 9.84. The van der Waals surface area contributed by atoms with E-state index in [0.29, 0.717) is 21.4 Å². The summed E-state index contributed by atoms with van der Waals surface area (Å²) in [6.45, 7) is 0. The number of hydrogen-bond donors (Lipinski definition) is 0. The van der Waals surface area contributed by atoms with Gasteiger partial charge in [0, 0.05) is 11.5 Å². The van der Waals surface area contributed by atoms with Crippen molar-refractivity contribution in [3.8, 4) is 5.75 Å². The highest BCUT2D eigenvalue weighted by Gasteiger charge is 2.25. The summed E-state index contributed by atoms with van der Waals surface area (Å²) in [6.07, 6.45) is 5.38. The van der Waals surface area contributed by atoms with Crippen molar-refractivity contribution in [2.75, 3.05) is 7.11 Å². The van der Waals surface area contributed by atoms with E-state index in [2.05, 4.69) is 0 Å². The van der Waals surface area contributed by atoms with Gasteiger partial charge in [-0.3, -0.25) is 4.79 Å². The average molecular weight is 287 g/mol. The zero-order chi connectivity index (χ0) is 13.1. The Kier molecular flexibility index (Phi) is 4.52. The second-order valence-corrected chi connectivity index (χ2v) is 5.40. The number of ketones is 1. The molecule has 1 aliphatic carbocycles. The Labute approximate surface area is 117 Å². The van der Waals surface area contributed by atoms with Crippen molar-refractivity contribution in [2.45, 2.75) is 32.1 Å². The molecule has 0 N–H and O–H groups in total. The van der Waals surface area contributed by atoms with E-state index >= 15 is 0 Å². The van der Waals surface area contributed by atoms with Crippen molar-refractivity contribution in [1.29, 1.82) is 0 Å². The predicted molar refractivity (Wildman–Crippen MR) is 73.9 cm³/mol. The van der Waals surface area contributed by atoms with Crippen LogP contribution in [0.2, 0.25) is 10.0 Å². The van der Waals surface area contributed by atoms with E-state index in [0.717, 1.165) is 25.7 Å². The Morgan fingerprint density at radius 3 is 2.44 bits per heavy atom. The number of methoxy groups -OCH3 is 1. The van der Waals surface area contributed by atoms with Crippen LogP contribution in [0.25, 0.3) is 0 Å². The number of halogens is 2. The summed E-state index contributed by atoms with van der Waals surface area (Å²) in [5, 5.41) is 0.632. The van der Waals surface area contributed by atoms with E-state index < -0.39 is 0 Å². The lowest BCUT2D eigenvalue weighted by Crippen LogP contribution is -2.18. The number of ether oxygens (including phenoxy) is 1. The Hall–Kier alpha value is -0.730. The minimum atomic E-state index is 0.0979. The molecule has 1 aliphatic rings. The van der Waals surface area contributed by atoms with Crippen LogP contribution < -0.4 is 4.74 Å². The summed E-state index contributed by atoms with van der Waals surface area (Å²) in [5.41, 5.74) is 0.523. The first-order chi connectivity index (χ1) is 8.65. The van der Waals surface area contributed by atoms with Crippen LogP contribution in [0.15, 0.2) is 12.1 Å². The fourth-order valence-electron chi connectivity index (χ4n) is 2.46. The lowest BCUT2D eigenvalue weighted by molar-refractivity contribution is 0.0889. The molecule has 0 bridgehead atoms. The molecule has 0 aromatic heterocycles.